The summed E-state index contributed by atoms with van der Waals surface area (Å²) in [5.41, 5.74) is -0.0864. The standard InChI is InChI=1S/C11H15ClN2O2/c1-11(2,6-12)7-14-10(16)8-3-4-13-9(15)5-8/h3-5H,6-7H2,1-2H3,(H,13,15)(H,14,16). The average molecular weight is 243 g/mol. The van der Waals surface area contributed by atoms with E-state index >= 15 is 0 Å². The van der Waals surface area contributed by atoms with Crippen molar-refractivity contribution in [1.82, 2.24) is 10.3 Å². The fourth-order valence-corrected chi connectivity index (χ4v) is 1.15. The van der Waals surface area contributed by atoms with Crippen LogP contribution in [0.2, 0.25) is 0 Å². The van der Waals surface area contributed by atoms with E-state index in [9.17, 15) is 9.59 Å². The molecule has 0 saturated heterocycles. The minimum absolute atomic E-state index is 0.154. The molecule has 88 valence electrons. The second kappa shape index (κ2) is 5.16. The van der Waals surface area contributed by atoms with Crippen LogP contribution in [0.5, 0.6) is 0 Å². The van der Waals surface area contributed by atoms with Gasteiger partial charge in [-0.15, -0.1) is 11.6 Å². The van der Waals surface area contributed by atoms with Gasteiger partial charge in [-0.3, -0.25) is 9.59 Å². The van der Waals surface area contributed by atoms with Crippen LogP contribution >= 0.6 is 11.6 Å². The van der Waals surface area contributed by atoms with Gasteiger partial charge in [0.15, 0.2) is 0 Å². The van der Waals surface area contributed by atoms with Crippen molar-refractivity contribution in [3.05, 3.63) is 34.2 Å². The van der Waals surface area contributed by atoms with Gasteiger partial charge in [0.1, 0.15) is 0 Å². The maximum atomic E-state index is 11.7. The van der Waals surface area contributed by atoms with E-state index in [1.807, 2.05) is 13.8 Å². The first-order valence-corrected chi connectivity index (χ1v) is 5.51. The highest BCUT2D eigenvalue weighted by molar-refractivity contribution is 6.18. The molecule has 0 aliphatic rings. The van der Waals surface area contributed by atoms with Crippen molar-refractivity contribution in [3.8, 4) is 0 Å². The van der Waals surface area contributed by atoms with Gasteiger partial charge in [0.25, 0.3) is 5.91 Å². The van der Waals surface area contributed by atoms with Crippen LogP contribution in [-0.2, 0) is 0 Å². The van der Waals surface area contributed by atoms with E-state index in [1.54, 1.807) is 6.07 Å². The monoisotopic (exact) mass is 242 g/mol. The Morgan fingerprint density at radius 3 is 2.81 bits per heavy atom. The van der Waals surface area contributed by atoms with Crippen LogP contribution < -0.4 is 10.9 Å². The predicted molar refractivity (Wildman–Crippen MR) is 63.9 cm³/mol. The Labute approximate surface area is 99.0 Å². The number of nitrogens with one attached hydrogen (secondary N) is 2. The molecule has 0 aromatic carbocycles. The average Bonchev–Trinajstić information content (AvgIpc) is 2.26. The molecule has 0 radical (unpaired) electrons. The highest BCUT2D eigenvalue weighted by atomic mass is 35.5. The largest absolute Gasteiger partial charge is 0.351 e. The molecule has 5 heteroatoms. The fraction of sp³-hybridized carbons (Fsp3) is 0.455. The molecule has 0 spiro atoms. The van der Waals surface area contributed by atoms with Gasteiger partial charge in [0, 0.05) is 30.3 Å². The first kappa shape index (κ1) is 12.8. The van der Waals surface area contributed by atoms with Gasteiger partial charge in [-0.1, -0.05) is 13.8 Å². The molecule has 1 aromatic heterocycles. The van der Waals surface area contributed by atoms with E-state index < -0.39 is 0 Å². The molecule has 0 aliphatic carbocycles. The van der Waals surface area contributed by atoms with E-state index in [1.165, 1.54) is 12.3 Å². The molecule has 1 rings (SSSR count). The molecule has 0 bridgehead atoms. The summed E-state index contributed by atoms with van der Waals surface area (Å²) in [5, 5.41) is 2.74. The van der Waals surface area contributed by atoms with Crippen LogP contribution in [0.1, 0.15) is 24.2 Å². The van der Waals surface area contributed by atoms with E-state index in [0.717, 1.165) is 0 Å². The van der Waals surface area contributed by atoms with Gasteiger partial charge >= 0.3 is 0 Å². The van der Waals surface area contributed by atoms with Crippen molar-refractivity contribution in [3.63, 3.8) is 0 Å². The highest BCUT2D eigenvalue weighted by Gasteiger charge is 2.17. The van der Waals surface area contributed by atoms with E-state index in [2.05, 4.69) is 10.3 Å². The molecular weight excluding hydrogens is 228 g/mol. The molecule has 0 atom stereocenters. The van der Waals surface area contributed by atoms with Crippen LogP contribution in [0, 0.1) is 5.41 Å². The lowest BCUT2D eigenvalue weighted by Gasteiger charge is -2.21. The van der Waals surface area contributed by atoms with E-state index in [0.29, 0.717) is 18.0 Å². The maximum absolute atomic E-state index is 11.7. The summed E-state index contributed by atoms with van der Waals surface area (Å²) < 4.78 is 0. The maximum Gasteiger partial charge on any atom is 0.251 e. The quantitative estimate of drug-likeness (QED) is 0.784. The number of aromatic nitrogens is 1. The Balaban J connectivity index is 2.63. The number of aromatic amines is 1. The zero-order valence-electron chi connectivity index (χ0n) is 9.34. The summed E-state index contributed by atoms with van der Waals surface area (Å²) in [6.07, 6.45) is 1.45. The Morgan fingerprint density at radius 1 is 1.56 bits per heavy atom. The number of hydrogen-bond acceptors (Lipinski definition) is 2. The third-order valence-electron chi connectivity index (χ3n) is 2.13. The van der Waals surface area contributed by atoms with Gasteiger partial charge in [-0.25, -0.2) is 0 Å². The van der Waals surface area contributed by atoms with Crippen molar-refractivity contribution in [1.29, 1.82) is 0 Å². The van der Waals surface area contributed by atoms with Gasteiger partial charge in [-0.05, 0) is 11.5 Å². The molecule has 16 heavy (non-hydrogen) atoms. The third-order valence-corrected chi connectivity index (χ3v) is 2.85. The molecule has 0 saturated carbocycles. The minimum atomic E-state index is -0.288. The molecule has 1 aromatic rings. The van der Waals surface area contributed by atoms with Gasteiger partial charge in [0.05, 0.1) is 0 Å². The van der Waals surface area contributed by atoms with Crippen LogP contribution in [0.4, 0.5) is 0 Å². The second-order valence-corrected chi connectivity index (χ2v) is 4.69. The number of rotatable bonds is 4. The number of hydrogen-bond donors (Lipinski definition) is 2. The second-order valence-electron chi connectivity index (χ2n) is 4.42. The molecule has 1 heterocycles. The first-order valence-electron chi connectivity index (χ1n) is 4.97. The van der Waals surface area contributed by atoms with Crippen LogP contribution in [0.25, 0.3) is 0 Å². The topological polar surface area (TPSA) is 62.0 Å². The number of amides is 1. The predicted octanol–water partition coefficient (Wildman–Crippen LogP) is 1.37. The Hall–Kier alpha value is -1.29. The normalized spacial score (nSPS) is 11.2. The number of halogens is 1. The molecule has 0 aliphatic heterocycles. The molecule has 0 unspecified atom stereocenters. The Morgan fingerprint density at radius 2 is 2.25 bits per heavy atom. The highest BCUT2D eigenvalue weighted by Crippen LogP contribution is 2.15. The fourth-order valence-electron chi connectivity index (χ4n) is 1.05. The number of carbonyl (C=O) groups excluding carboxylic acids is 1. The number of H-pyrrole nitrogens is 1. The lowest BCUT2D eigenvalue weighted by Crippen LogP contribution is -2.35. The van der Waals surface area contributed by atoms with Crippen molar-refractivity contribution < 1.29 is 4.79 Å². The van der Waals surface area contributed by atoms with Crippen LogP contribution in [-0.4, -0.2) is 23.3 Å². The lowest BCUT2D eigenvalue weighted by molar-refractivity contribution is 0.0939. The minimum Gasteiger partial charge on any atom is -0.351 e. The SMILES string of the molecule is CC(C)(CCl)CNC(=O)c1cc[nH]c(=O)c1. The van der Waals surface area contributed by atoms with Gasteiger partial charge < -0.3 is 10.3 Å². The summed E-state index contributed by atoms with van der Waals surface area (Å²) in [7, 11) is 0. The van der Waals surface area contributed by atoms with Crippen LogP contribution in [0.15, 0.2) is 23.1 Å². The summed E-state index contributed by atoms with van der Waals surface area (Å²) in [5.74, 6) is 0.201. The zero-order valence-corrected chi connectivity index (χ0v) is 10.1. The third kappa shape index (κ3) is 3.70. The summed E-state index contributed by atoms with van der Waals surface area (Å²) in [6, 6.07) is 2.83. The zero-order chi connectivity index (χ0) is 12.2. The van der Waals surface area contributed by atoms with Crippen molar-refractivity contribution in [2.45, 2.75) is 13.8 Å². The molecule has 1 amide bonds. The van der Waals surface area contributed by atoms with Gasteiger partial charge in [-0.2, -0.15) is 0 Å². The summed E-state index contributed by atoms with van der Waals surface area (Å²) >= 11 is 5.74. The molecule has 0 fully saturated rings. The number of carbonyl (C=O) groups is 1. The van der Waals surface area contributed by atoms with Crippen molar-refractivity contribution in [2.24, 2.45) is 5.41 Å². The Bertz CT molecular complexity index is 426. The number of pyridine rings is 1. The molecular formula is C11H15ClN2O2. The first-order chi connectivity index (χ1) is 7.44. The summed E-state index contributed by atoms with van der Waals surface area (Å²) in [4.78, 5) is 25.1. The lowest BCUT2D eigenvalue weighted by atomic mass is 9.96. The Kier molecular flexibility index (Phi) is 4.12. The smallest absolute Gasteiger partial charge is 0.251 e. The number of alkyl halides is 1. The van der Waals surface area contributed by atoms with Crippen LogP contribution in [0.3, 0.4) is 0 Å². The summed E-state index contributed by atoms with van der Waals surface area (Å²) in [6.45, 7) is 4.39. The molecule has 2 N–H and O–H groups in total. The van der Waals surface area contributed by atoms with Crippen molar-refractivity contribution >= 4 is 17.5 Å². The van der Waals surface area contributed by atoms with E-state index in [4.69, 9.17) is 11.6 Å². The van der Waals surface area contributed by atoms with E-state index in [-0.39, 0.29) is 16.9 Å². The van der Waals surface area contributed by atoms with Gasteiger partial charge in [0.2, 0.25) is 5.56 Å². The molecule has 4 nitrogen and oxygen atoms in total. The van der Waals surface area contributed by atoms with Crippen molar-refractivity contribution in [2.75, 3.05) is 12.4 Å².